The second kappa shape index (κ2) is 3.05. The molecule has 0 atom stereocenters. The standard InChI is InChI=1S/C5H8N4O/c1-9-7-5(6-8-9)3-2-4-10/h4H,2-3H2,1H3. The molecule has 1 aromatic heterocycles. The van der Waals surface area contributed by atoms with Gasteiger partial charge in [-0.15, -0.1) is 10.2 Å². The molecule has 0 unspecified atom stereocenters. The van der Waals surface area contributed by atoms with Crippen LogP contribution in [0.25, 0.3) is 0 Å². The van der Waals surface area contributed by atoms with E-state index in [9.17, 15) is 4.79 Å². The van der Waals surface area contributed by atoms with Crippen LogP contribution in [-0.4, -0.2) is 26.5 Å². The van der Waals surface area contributed by atoms with E-state index in [1.165, 1.54) is 4.80 Å². The Morgan fingerprint density at radius 3 is 3.00 bits per heavy atom. The summed E-state index contributed by atoms with van der Waals surface area (Å²) in [5.74, 6) is 0.620. The van der Waals surface area contributed by atoms with E-state index in [0.29, 0.717) is 18.7 Å². The van der Waals surface area contributed by atoms with Gasteiger partial charge < -0.3 is 4.79 Å². The van der Waals surface area contributed by atoms with Crippen LogP contribution in [0.4, 0.5) is 0 Å². The molecule has 0 fully saturated rings. The predicted molar refractivity (Wildman–Crippen MR) is 33.2 cm³/mol. The van der Waals surface area contributed by atoms with Crippen LogP contribution in [0.1, 0.15) is 12.2 Å². The van der Waals surface area contributed by atoms with Gasteiger partial charge in [0.2, 0.25) is 0 Å². The van der Waals surface area contributed by atoms with Crippen molar-refractivity contribution in [1.29, 1.82) is 0 Å². The number of aromatic nitrogens is 4. The number of carbonyl (C=O) groups is 1. The van der Waals surface area contributed by atoms with Crippen LogP contribution in [-0.2, 0) is 18.3 Å². The number of hydrogen-bond acceptors (Lipinski definition) is 4. The third kappa shape index (κ3) is 1.61. The van der Waals surface area contributed by atoms with Gasteiger partial charge in [-0.2, -0.15) is 4.80 Å². The Balaban J connectivity index is 2.49. The summed E-state index contributed by atoms with van der Waals surface area (Å²) in [5, 5.41) is 11.2. The van der Waals surface area contributed by atoms with E-state index < -0.39 is 0 Å². The van der Waals surface area contributed by atoms with Crippen molar-refractivity contribution < 1.29 is 4.79 Å². The molecule has 0 saturated carbocycles. The maximum Gasteiger partial charge on any atom is 0.175 e. The molecule has 0 bridgehead atoms. The minimum Gasteiger partial charge on any atom is -0.303 e. The van der Waals surface area contributed by atoms with Gasteiger partial charge in [0.15, 0.2) is 5.82 Å². The number of rotatable bonds is 3. The first-order chi connectivity index (χ1) is 4.83. The Hall–Kier alpha value is -1.26. The van der Waals surface area contributed by atoms with E-state index in [2.05, 4.69) is 15.4 Å². The average Bonchev–Trinajstić information content (AvgIpc) is 2.31. The third-order valence-corrected chi connectivity index (χ3v) is 1.04. The van der Waals surface area contributed by atoms with Crippen molar-refractivity contribution in [2.75, 3.05) is 0 Å². The molecule has 1 rings (SSSR count). The van der Waals surface area contributed by atoms with Crippen LogP contribution in [0.3, 0.4) is 0 Å². The Morgan fingerprint density at radius 1 is 1.70 bits per heavy atom. The van der Waals surface area contributed by atoms with Gasteiger partial charge in [-0.25, -0.2) is 0 Å². The maximum absolute atomic E-state index is 9.90. The topological polar surface area (TPSA) is 60.7 Å². The first-order valence-corrected chi connectivity index (χ1v) is 2.99. The fourth-order valence-electron chi connectivity index (χ4n) is 0.611. The van der Waals surface area contributed by atoms with Crippen molar-refractivity contribution in [2.45, 2.75) is 12.8 Å². The predicted octanol–water partition coefficient (Wildman–Crippen LogP) is -0.658. The molecule has 5 nitrogen and oxygen atoms in total. The number of tetrazole rings is 1. The molecule has 54 valence electrons. The zero-order chi connectivity index (χ0) is 7.40. The molecule has 1 aromatic rings. The normalized spacial score (nSPS) is 9.70. The summed E-state index contributed by atoms with van der Waals surface area (Å²) in [7, 11) is 1.69. The van der Waals surface area contributed by atoms with Crippen molar-refractivity contribution in [1.82, 2.24) is 20.2 Å². The first kappa shape index (κ1) is 6.85. The first-order valence-electron chi connectivity index (χ1n) is 2.99. The summed E-state index contributed by atoms with van der Waals surface area (Å²) < 4.78 is 0. The maximum atomic E-state index is 9.90. The largest absolute Gasteiger partial charge is 0.303 e. The highest BCUT2D eigenvalue weighted by molar-refractivity contribution is 5.49. The lowest BCUT2D eigenvalue weighted by Gasteiger charge is -1.82. The van der Waals surface area contributed by atoms with Gasteiger partial charge in [0.1, 0.15) is 6.29 Å². The van der Waals surface area contributed by atoms with Gasteiger partial charge in [-0.3, -0.25) is 0 Å². The zero-order valence-electron chi connectivity index (χ0n) is 5.69. The third-order valence-electron chi connectivity index (χ3n) is 1.04. The van der Waals surface area contributed by atoms with Crippen molar-refractivity contribution in [3.8, 4) is 0 Å². The highest BCUT2D eigenvalue weighted by Crippen LogP contribution is 1.88. The molecular weight excluding hydrogens is 132 g/mol. The lowest BCUT2D eigenvalue weighted by Crippen LogP contribution is -1.93. The van der Waals surface area contributed by atoms with Crippen molar-refractivity contribution in [2.24, 2.45) is 7.05 Å². The van der Waals surface area contributed by atoms with Crippen LogP contribution < -0.4 is 0 Å². The van der Waals surface area contributed by atoms with E-state index in [4.69, 9.17) is 0 Å². The number of aryl methyl sites for hydroxylation is 2. The van der Waals surface area contributed by atoms with Crippen LogP contribution in [0.5, 0.6) is 0 Å². The molecule has 0 amide bonds. The fourth-order valence-corrected chi connectivity index (χ4v) is 0.611. The Bertz CT molecular complexity index is 219. The summed E-state index contributed by atoms with van der Waals surface area (Å²) in [6.45, 7) is 0. The average molecular weight is 140 g/mol. The molecule has 0 aliphatic heterocycles. The van der Waals surface area contributed by atoms with Gasteiger partial charge in [0, 0.05) is 12.8 Å². The molecule has 0 aliphatic carbocycles. The summed E-state index contributed by atoms with van der Waals surface area (Å²) >= 11 is 0. The summed E-state index contributed by atoms with van der Waals surface area (Å²) in [6.07, 6.45) is 1.89. The minimum absolute atomic E-state index is 0.464. The van der Waals surface area contributed by atoms with E-state index in [1.54, 1.807) is 7.05 Å². The van der Waals surface area contributed by atoms with Crippen LogP contribution in [0.2, 0.25) is 0 Å². The number of nitrogens with zero attached hydrogens (tertiary/aromatic N) is 4. The van der Waals surface area contributed by atoms with Crippen molar-refractivity contribution >= 4 is 6.29 Å². The van der Waals surface area contributed by atoms with Crippen LogP contribution in [0, 0.1) is 0 Å². The second-order valence-electron chi connectivity index (χ2n) is 1.90. The van der Waals surface area contributed by atoms with Crippen LogP contribution >= 0.6 is 0 Å². The molecule has 0 radical (unpaired) electrons. The van der Waals surface area contributed by atoms with Gasteiger partial charge >= 0.3 is 0 Å². The molecular formula is C5H8N4O. The molecule has 0 aliphatic rings. The number of carbonyl (C=O) groups excluding carboxylic acids is 1. The SMILES string of the molecule is Cn1nnc(CCC=O)n1. The zero-order valence-corrected chi connectivity index (χ0v) is 5.69. The molecule has 0 N–H and O–H groups in total. The molecule has 0 spiro atoms. The van der Waals surface area contributed by atoms with E-state index >= 15 is 0 Å². The van der Waals surface area contributed by atoms with Gasteiger partial charge in [-0.1, -0.05) is 0 Å². The highest BCUT2D eigenvalue weighted by atomic mass is 16.1. The highest BCUT2D eigenvalue weighted by Gasteiger charge is 1.97. The lowest BCUT2D eigenvalue weighted by molar-refractivity contribution is -0.107. The van der Waals surface area contributed by atoms with E-state index in [-0.39, 0.29) is 0 Å². The Morgan fingerprint density at radius 2 is 2.50 bits per heavy atom. The summed E-state index contributed by atoms with van der Waals surface area (Å²) in [4.78, 5) is 11.3. The van der Waals surface area contributed by atoms with Crippen molar-refractivity contribution in [3.05, 3.63) is 5.82 Å². The summed E-state index contributed by atoms with van der Waals surface area (Å²) in [5.41, 5.74) is 0. The van der Waals surface area contributed by atoms with Crippen molar-refractivity contribution in [3.63, 3.8) is 0 Å². The quantitative estimate of drug-likeness (QED) is 0.523. The number of aldehydes is 1. The molecule has 5 heteroatoms. The smallest absolute Gasteiger partial charge is 0.175 e. The Labute approximate surface area is 58.0 Å². The van der Waals surface area contributed by atoms with Gasteiger partial charge in [-0.05, 0) is 5.21 Å². The van der Waals surface area contributed by atoms with Crippen LogP contribution in [0.15, 0.2) is 0 Å². The van der Waals surface area contributed by atoms with Gasteiger partial charge in [0.05, 0.1) is 7.05 Å². The van der Waals surface area contributed by atoms with E-state index in [1.807, 2.05) is 0 Å². The Kier molecular flexibility index (Phi) is 2.09. The second-order valence-corrected chi connectivity index (χ2v) is 1.90. The molecule has 10 heavy (non-hydrogen) atoms. The molecule has 1 heterocycles. The lowest BCUT2D eigenvalue weighted by atomic mass is 10.3. The molecule has 0 aromatic carbocycles. The summed E-state index contributed by atoms with van der Waals surface area (Å²) in [6, 6.07) is 0. The minimum atomic E-state index is 0.464. The number of hydrogen-bond donors (Lipinski definition) is 0. The molecule has 0 saturated heterocycles. The fraction of sp³-hybridized carbons (Fsp3) is 0.600. The van der Waals surface area contributed by atoms with E-state index in [0.717, 1.165) is 6.29 Å². The monoisotopic (exact) mass is 140 g/mol. The van der Waals surface area contributed by atoms with Gasteiger partial charge in [0.25, 0.3) is 0 Å².